The zero-order valence-electron chi connectivity index (χ0n) is 10.2. The van der Waals surface area contributed by atoms with Gasteiger partial charge in [0.05, 0.1) is 17.1 Å². The molecule has 1 aromatic rings. The fourth-order valence-corrected chi connectivity index (χ4v) is 1.71. The summed E-state index contributed by atoms with van der Waals surface area (Å²) in [5.41, 5.74) is 3.35. The van der Waals surface area contributed by atoms with Crippen LogP contribution in [0.25, 0.3) is 0 Å². The molecule has 1 aromatic heterocycles. The van der Waals surface area contributed by atoms with E-state index in [1.807, 2.05) is 20.8 Å². The normalized spacial score (nSPS) is 13.3. The summed E-state index contributed by atoms with van der Waals surface area (Å²) in [5, 5.41) is 3.28. The molecule has 0 saturated heterocycles. The van der Waals surface area contributed by atoms with Gasteiger partial charge in [0.1, 0.15) is 5.82 Å². The molecule has 0 radical (unpaired) electrons. The third-order valence-corrected chi connectivity index (χ3v) is 2.46. The van der Waals surface area contributed by atoms with Crippen LogP contribution in [0.4, 0.5) is 5.82 Å². The van der Waals surface area contributed by atoms with Crippen molar-refractivity contribution in [3.63, 3.8) is 0 Å². The molecule has 2 heterocycles. The first-order valence-electron chi connectivity index (χ1n) is 5.91. The minimum absolute atomic E-state index is 0.978. The van der Waals surface area contributed by atoms with Crippen molar-refractivity contribution in [3.05, 3.63) is 17.1 Å². The van der Waals surface area contributed by atoms with Crippen LogP contribution in [0.5, 0.6) is 0 Å². The summed E-state index contributed by atoms with van der Waals surface area (Å²) in [6.07, 6.45) is 3.22. The Balaban J connectivity index is 0.000000531. The molecule has 0 saturated carbocycles. The van der Waals surface area contributed by atoms with Gasteiger partial charge in [-0.05, 0) is 26.2 Å². The highest BCUT2D eigenvalue weighted by Crippen LogP contribution is 2.19. The molecule has 15 heavy (non-hydrogen) atoms. The standard InChI is InChI=1S/C10H15N3.C2H6/c1-3-8-7(2)12-10-9(13-8)5-4-6-11-10;1-2/h3-6H2,1-2H3,(H,11,12);1-2H3. The molecule has 1 aliphatic rings. The van der Waals surface area contributed by atoms with Gasteiger partial charge in [-0.2, -0.15) is 0 Å². The summed E-state index contributed by atoms with van der Waals surface area (Å²) in [6.45, 7) is 9.19. The number of fused-ring (bicyclic) bond motifs is 1. The Morgan fingerprint density at radius 1 is 1.27 bits per heavy atom. The molecule has 84 valence electrons. The fourth-order valence-electron chi connectivity index (χ4n) is 1.71. The second-order valence-corrected chi connectivity index (χ2v) is 3.43. The summed E-state index contributed by atoms with van der Waals surface area (Å²) in [5.74, 6) is 1.00. The maximum absolute atomic E-state index is 4.61. The Hall–Kier alpha value is -1.12. The molecule has 0 aromatic carbocycles. The zero-order valence-corrected chi connectivity index (χ0v) is 10.2. The van der Waals surface area contributed by atoms with Crippen LogP contribution in [0.3, 0.4) is 0 Å². The van der Waals surface area contributed by atoms with Gasteiger partial charge in [-0.15, -0.1) is 0 Å². The van der Waals surface area contributed by atoms with Crippen LogP contribution in [0.1, 0.15) is 44.3 Å². The van der Waals surface area contributed by atoms with E-state index in [1.54, 1.807) is 0 Å². The Morgan fingerprint density at radius 3 is 2.67 bits per heavy atom. The molecule has 0 fully saturated rings. The van der Waals surface area contributed by atoms with Crippen molar-refractivity contribution >= 4 is 5.82 Å². The Labute approximate surface area is 92.3 Å². The number of nitrogens with one attached hydrogen (secondary N) is 1. The predicted molar refractivity (Wildman–Crippen MR) is 64.3 cm³/mol. The van der Waals surface area contributed by atoms with Crippen molar-refractivity contribution in [2.45, 2.75) is 47.0 Å². The van der Waals surface area contributed by atoms with Crippen molar-refractivity contribution in [3.8, 4) is 0 Å². The van der Waals surface area contributed by atoms with Crippen molar-refractivity contribution < 1.29 is 0 Å². The monoisotopic (exact) mass is 207 g/mol. The van der Waals surface area contributed by atoms with E-state index in [4.69, 9.17) is 0 Å². The first-order chi connectivity index (χ1) is 7.31. The SMILES string of the molecule is CC.CCc1nc2c(nc1C)NCCC2. The topological polar surface area (TPSA) is 37.8 Å². The van der Waals surface area contributed by atoms with Crippen molar-refractivity contribution in [1.82, 2.24) is 9.97 Å². The third kappa shape index (κ3) is 2.67. The number of rotatable bonds is 1. The second-order valence-electron chi connectivity index (χ2n) is 3.43. The highest BCUT2D eigenvalue weighted by Gasteiger charge is 2.13. The molecule has 3 nitrogen and oxygen atoms in total. The van der Waals surface area contributed by atoms with Crippen LogP contribution < -0.4 is 5.32 Å². The molecule has 3 heteroatoms. The van der Waals surface area contributed by atoms with Gasteiger partial charge in [0.2, 0.25) is 0 Å². The van der Waals surface area contributed by atoms with Gasteiger partial charge in [0, 0.05) is 6.54 Å². The third-order valence-electron chi connectivity index (χ3n) is 2.46. The molecule has 0 atom stereocenters. The van der Waals surface area contributed by atoms with Crippen LogP contribution in [-0.4, -0.2) is 16.5 Å². The maximum Gasteiger partial charge on any atom is 0.148 e. The lowest BCUT2D eigenvalue weighted by molar-refractivity contribution is 0.767. The minimum Gasteiger partial charge on any atom is -0.369 e. The van der Waals surface area contributed by atoms with E-state index in [0.717, 1.165) is 42.3 Å². The number of anilines is 1. The van der Waals surface area contributed by atoms with E-state index >= 15 is 0 Å². The highest BCUT2D eigenvalue weighted by atomic mass is 15.0. The molecular weight excluding hydrogens is 186 g/mol. The molecule has 0 amide bonds. The van der Waals surface area contributed by atoms with E-state index < -0.39 is 0 Å². The van der Waals surface area contributed by atoms with Gasteiger partial charge >= 0.3 is 0 Å². The summed E-state index contributed by atoms with van der Waals surface area (Å²) >= 11 is 0. The molecule has 1 N–H and O–H groups in total. The summed E-state index contributed by atoms with van der Waals surface area (Å²) in [6, 6.07) is 0. The Morgan fingerprint density at radius 2 is 2.00 bits per heavy atom. The number of aromatic nitrogens is 2. The zero-order chi connectivity index (χ0) is 11.3. The number of hydrogen-bond acceptors (Lipinski definition) is 3. The lowest BCUT2D eigenvalue weighted by Gasteiger charge is -2.17. The lowest BCUT2D eigenvalue weighted by atomic mass is 10.1. The molecule has 2 rings (SSSR count). The van der Waals surface area contributed by atoms with Gasteiger partial charge in [0.25, 0.3) is 0 Å². The first kappa shape index (κ1) is 12.0. The van der Waals surface area contributed by atoms with Crippen LogP contribution in [0.2, 0.25) is 0 Å². The molecule has 0 aliphatic carbocycles. The van der Waals surface area contributed by atoms with E-state index in [-0.39, 0.29) is 0 Å². The van der Waals surface area contributed by atoms with Gasteiger partial charge in [-0.25, -0.2) is 4.98 Å². The fraction of sp³-hybridized carbons (Fsp3) is 0.667. The first-order valence-corrected chi connectivity index (χ1v) is 5.91. The molecule has 0 bridgehead atoms. The molecule has 1 aliphatic heterocycles. The van der Waals surface area contributed by atoms with E-state index in [9.17, 15) is 0 Å². The minimum atomic E-state index is 0.978. The lowest BCUT2D eigenvalue weighted by Crippen LogP contribution is -2.16. The predicted octanol–water partition coefficient (Wildman–Crippen LogP) is 2.73. The van der Waals surface area contributed by atoms with Crippen molar-refractivity contribution in [1.29, 1.82) is 0 Å². The largest absolute Gasteiger partial charge is 0.369 e. The number of nitrogens with zero attached hydrogens (tertiary/aromatic N) is 2. The van der Waals surface area contributed by atoms with E-state index in [0.29, 0.717) is 0 Å². The summed E-state index contributed by atoms with van der Waals surface area (Å²) < 4.78 is 0. The summed E-state index contributed by atoms with van der Waals surface area (Å²) in [4.78, 5) is 9.12. The van der Waals surface area contributed by atoms with Gasteiger partial charge in [-0.3, -0.25) is 4.98 Å². The quantitative estimate of drug-likeness (QED) is 0.769. The average molecular weight is 207 g/mol. The van der Waals surface area contributed by atoms with Crippen LogP contribution in [0.15, 0.2) is 0 Å². The molecule has 0 spiro atoms. The number of hydrogen-bond donors (Lipinski definition) is 1. The van der Waals surface area contributed by atoms with E-state index in [2.05, 4.69) is 22.2 Å². The average Bonchev–Trinajstić information content (AvgIpc) is 2.31. The highest BCUT2D eigenvalue weighted by molar-refractivity contribution is 5.43. The van der Waals surface area contributed by atoms with Crippen LogP contribution in [-0.2, 0) is 12.8 Å². The van der Waals surface area contributed by atoms with Crippen LogP contribution >= 0.6 is 0 Å². The van der Waals surface area contributed by atoms with Gasteiger partial charge in [0.15, 0.2) is 0 Å². The van der Waals surface area contributed by atoms with E-state index in [1.165, 1.54) is 6.42 Å². The molecular formula is C12H21N3. The molecule has 0 unspecified atom stereocenters. The Kier molecular flexibility index (Phi) is 4.53. The number of aryl methyl sites for hydroxylation is 3. The van der Waals surface area contributed by atoms with Crippen molar-refractivity contribution in [2.24, 2.45) is 0 Å². The Bertz CT molecular complexity index is 321. The second kappa shape index (κ2) is 5.69. The van der Waals surface area contributed by atoms with Gasteiger partial charge < -0.3 is 5.32 Å². The maximum atomic E-state index is 4.61. The van der Waals surface area contributed by atoms with Crippen LogP contribution in [0, 0.1) is 6.92 Å². The van der Waals surface area contributed by atoms with Gasteiger partial charge in [-0.1, -0.05) is 20.8 Å². The smallest absolute Gasteiger partial charge is 0.148 e. The van der Waals surface area contributed by atoms with Crippen molar-refractivity contribution in [2.75, 3.05) is 11.9 Å². The summed E-state index contributed by atoms with van der Waals surface area (Å²) in [7, 11) is 0.